The lowest BCUT2D eigenvalue weighted by molar-refractivity contribution is -0.154. The Morgan fingerprint density at radius 1 is 0.946 bits per heavy atom. The maximum Gasteiger partial charge on any atom is 0.356 e. The number of nitrogens with one attached hydrogen (secondary N) is 1. The molecule has 0 radical (unpaired) electrons. The lowest BCUT2D eigenvalue weighted by Gasteiger charge is -2.49. The molecule has 0 aliphatic carbocycles. The first-order valence-corrected chi connectivity index (χ1v) is 13.0. The summed E-state index contributed by atoms with van der Waals surface area (Å²) in [5.74, 6) is -0.182. The number of para-hydroxylation sites is 1. The zero-order valence-electron chi connectivity index (χ0n) is 20.2. The normalized spacial score (nSPS) is 18.6. The molecule has 1 N–H and O–H groups in total. The third-order valence-corrected chi connectivity index (χ3v) is 7.64. The summed E-state index contributed by atoms with van der Waals surface area (Å²) in [7, 11) is 0. The van der Waals surface area contributed by atoms with E-state index in [1.165, 1.54) is 16.7 Å². The number of carbonyl (C=O) groups is 3. The third kappa shape index (κ3) is 5.24. The van der Waals surface area contributed by atoms with E-state index >= 15 is 0 Å². The Bertz CT molecular complexity index is 1270. The molecule has 3 aromatic carbocycles. The number of β-lactam (4-membered cyclic amide) rings is 1. The molecule has 2 aliphatic heterocycles. The van der Waals surface area contributed by atoms with Crippen molar-refractivity contribution in [2.45, 2.75) is 24.4 Å². The van der Waals surface area contributed by atoms with E-state index in [4.69, 9.17) is 9.47 Å². The number of ether oxygens (including phenoxy) is 2. The molecule has 0 spiro atoms. The number of carbonyl (C=O) groups excluding carboxylic acids is 3. The van der Waals surface area contributed by atoms with Gasteiger partial charge in [0.05, 0.1) is 0 Å². The smallest absolute Gasteiger partial charge is 0.356 e. The highest BCUT2D eigenvalue weighted by Gasteiger charge is 2.54. The minimum absolute atomic E-state index is 0.204. The van der Waals surface area contributed by atoms with E-state index in [1.54, 1.807) is 12.1 Å². The lowest BCUT2D eigenvalue weighted by Crippen LogP contribution is -2.70. The van der Waals surface area contributed by atoms with Crippen LogP contribution in [-0.4, -0.2) is 46.5 Å². The Labute approximate surface area is 219 Å². The molecule has 3 aromatic rings. The van der Waals surface area contributed by atoms with Crippen molar-refractivity contribution < 1.29 is 23.9 Å². The number of esters is 1. The Hall–Kier alpha value is -4.04. The average Bonchev–Trinajstić information content (AvgIpc) is 2.94. The van der Waals surface area contributed by atoms with Crippen molar-refractivity contribution in [1.29, 1.82) is 0 Å². The van der Waals surface area contributed by atoms with E-state index in [-0.39, 0.29) is 23.6 Å². The molecule has 188 valence electrons. The monoisotopic (exact) mass is 514 g/mol. The van der Waals surface area contributed by atoms with Crippen LogP contribution in [0.15, 0.2) is 102 Å². The first-order chi connectivity index (χ1) is 18.0. The van der Waals surface area contributed by atoms with Gasteiger partial charge in [-0.1, -0.05) is 78.9 Å². The van der Waals surface area contributed by atoms with Gasteiger partial charge < -0.3 is 14.8 Å². The van der Waals surface area contributed by atoms with Gasteiger partial charge in [0.2, 0.25) is 0 Å². The van der Waals surface area contributed by atoms with Crippen LogP contribution in [0.3, 0.4) is 0 Å². The first kappa shape index (κ1) is 24.6. The maximum atomic E-state index is 13.5. The van der Waals surface area contributed by atoms with E-state index in [0.717, 1.165) is 16.7 Å². The minimum atomic E-state index is -0.730. The number of thioether (sulfide) groups is 1. The van der Waals surface area contributed by atoms with Crippen LogP contribution in [0.4, 0.5) is 0 Å². The number of fused-ring (bicyclic) bond motifs is 1. The van der Waals surface area contributed by atoms with Crippen molar-refractivity contribution in [1.82, 2.24) is 10.2 Å². The molecule has 1 fully saturated rings. The maximum absolute atomic E-state index is 13.5. The van der Waals surface area contributed by atoms with Crippen LogP contribution in [0.5, 0.6) is 5.75 Å². The number of amides is 2. The van der Waals surface area contributed by atoms with Gasteiger partial charge in [0, 0.05) is 5.75 Å². The summed E-state index contributed by atoms with van der Waals surface area (Å²) in [6, 6.07) is 27.3. The van der Waals surface area contributed by atoms with Crippen molar-refractivity contribution in [3.05, 3.63) is 113 Å². The SMILES string of the molecule is CC1=C(C(=O)OC(c2ccccc2)c2ccccc2)N2C(=O)[C@@H](NC(=O)COc3ccccc3)[C@H]2SC1. The summed E-state index contributed by atoms with van der Waals surface area (Å²) in [6.45, 7) is 1.62. The summed E-state index contributed by atoms with van der Waals surface area (Å²) in [5.41, 5.74) is 2.68. The Kier molecular flexibility index (Phi) is 7.28. The van der Waals surface area contributed by atoms with E-state index in [1.807, 2.05) is 85.8 Å². The highest BCUT2D eigenvalue weighted by molar-refractivity contribution is 8.00. The fourth-order valence-corrected chi connectivity index (χ4v) is 5.68. The number of rotatable bonds is 8. The Morgan fingerprint density at radius 3 is 2.11 bits per heavy atom. The van der Waals surface area contributed by atoms with E-state index in [2.05, 4.69) is 5.32 Å². The molecule has 5 rings (SSSR count). The molecule has 8 heteroatoms. The van der Waals surface area contributed by atoms with Crippen LogP contribution in [0.2, 0.25) is 0 Å². The first-order valence-electron chi connectivity index (χ1n) is 12.0. The molecule has 0 bridgehead atoms. The highest BCUT2D eigenvalue weighted by atomic mass is 32.2. The van der Waals surface area contributed by atoms with Crippen LogP contribution in [0.25, 0.3) is 0 Å². The summed E-state index contributed by atoms with van der Waals surface area (Å²) < 4.78 is 11.5. The molecule has 7 nitrogen and oxygen atoms in total. The van der Waals surface area contributed by atoms with Crippen molar-refractivity contribution in [3.8, 4) is 5.75 Å². The van der Waals surface area contributed by atoms with Crippen LogP contribution in [0, 0.1) is 0 Å². The second-order valence-electron chi connectivity index (χ2n) is 8.79. The molecule has 2 heterocycles. The van der Waals surface area contributed by atoms with Crippen LogP contribution in [-0.2, 0) is 19.1 Å². The molecule has 2 aliphatic rings. The zero-order chi connectivity index (χ0) is 25.8. The molecule has 0 saturated carbocycles. The van der Waals surface area contributed by atoms with E-state index < -0.39 is 24.0 Å². The van der Waals surface area contributed by atoms with Gasteiger partial charge in [0.15, 0.2) is 12.7 Å². The topological polar surface area (TPSA) is 84.9 Å². The minimum Gasteiger partial charge on any atom is -0.484 e. The Balaban J connectivity index is 1.28. The second kappa shape index (κ2) is 10.9. The molecule has 0 aromatic heterocycles. The van der Waals surface area contributed by atoms with Crippen molar-refractivity contribution in [2.24, 2.45) is 0 Å². The van der Waals surface area contributed by atoms with Gasteiger partial charge in [0.1, 0.15) is 22.9 Å². The second-order valence-corrected chi connectivity index (χ2v) is 9.90. The molecular formula is C29H26N2O5S. The van der Waals surface area contributed by atoms with Crippen LogP contribution in [0.1, 0.15) is 24.2 Å². The fourth-order valence-electron chi connectivity index (χ4n) is 4.39. The predicted octanol–water partition coefficient (Wildman–Crippen LogP) is 4.07. The van der Waals surface area contributed by atoms with Gasteiger partial charge in [-0.15, -0.1) is 11.8 Å². The highest BCUT2D eigenvalue weighted by Crippen LogP contribution is 2.41. The summed E-state index contributed by atoms with van der Waals surface area (Å²) >= 11 is 1.51. The van der Waals surface area contributed by atoms with Crippen LogP contribution >= 0.6 is 11.8 Å². The summed E-state index contributed by atoms with van der Waals surface area (Å²) in [5, 5.41) is 2.37. The molecule has 2 atom stereocenters. The van der Waals surface area contributed by atoms with E-state index in [0.29, 0.717) is 11.5 Å². The predicted molar refractivity (Wildman–Crippen MR) is 140 cm³/mol. The van der Waals surface area contributed by atoms with Gasteiger partial charge in [-0.25, -0.2) is 4.79 Å². The standard InChI is InChI=1S/C29H26N2O5S/c1-19-18-37-28-24(30-23(32)17-35-22-15-9-4-10-16-22)27(33)31(28)25(19)29(34)36-26(20-11-5-2-6-12-20)21-13-7-3-8-14-21/h2-16,24,26,28H,17-18H2,1H3,(H,30,32)/t24-,28-/m1/s1. The van der Waals surface area contributed by atoms with E-state index in [9.17, 15) is 14.4 Å². The summed E-state index contributed by atoms with van der Waals surface area (Å²) in [6.07, 6.45) is -0.620. The number of benzene rings is 3. The van der Waals surface area contributed by atoms with Gasteiger partial charge in [-0.3, -0.25) is 14.5 Å². The summed E-state index contributed by atoms with van der Waals surface area (Å²) in [4.78, 5) is 40.5. The van der Waals surface area contributed by atoms with Crippen molar-refractivity contribution in [2.75, 3.05) is 12.4 Å². The van der Waals surface area contributed by atoms with Gasteiger partial charge >= 0.3 is 5.97 Å². The number of hydrogen-bond acceptors (Lipinski definition) is 6. The molecule has 2 amide bonds. The Morgan fingerprint density at radius 2 is 1.51 bits per heavy atom. The molecule has 37 heavy (non-hydrogen) atoms. The molecule has 1 saturated heterocycles. The molecule has 0 unspecified atom stereocenters. The van der Waals surface area contributed by atoms with Gasteiger partial charge in [-0.05, 0) is 35.8 Å². The number of hydrogen-bond donors (Lipinski definition) is 1. The average molecular weight is 515 g/mol. The van der Waals surface area contributed by atoms with Crippen molar-refractivity contribution >= 4 is 29.5 Å². The zero-order valence-corrected chi connectivity index (χ0v) is 21.0. The van der Waals surface area contributed by atoms with Crippen molar-refractivity contribution in [3.63, 3.8) is 0 Å². The third-order valence-electron chi connectivity index (χ3n) is 6.21. The van der Waals surface area contributed by atoms with Crippen LogP contribution < -0.4 is 10.1 Å². The fraction of sp³-hybridized carbons (Fsp3) is 0.207. The van der Waals surface area contributed by atoms with Gasteiger partial charge in [0.25, 0.3) is 11.8 Å². The number of nitrogens with zero attached hydrogens (tertiary/aromatic N) is 1. The molecular weight excluding hydrogens is 488 g/mol. The quantitative estimate of drug-likeness (QED) is 0.360. The lowest BCUT2D eigenvalue weighted by atomic mass is 10.0. The largest absolute Gasteiger partial charge is 0.484 e. The van der Waals surface area contributed by atoms with Gasteiger partial charge in [-0.2, -0.15) is 0 Å².